The molecule has 3 aliphatic rings. The third-order valence-corrected chi connectivity index (χ3v) is 7.10. The van der Waals surface area contributed by atoms with Crippen molar-refractivity contribution in [2.45, 2.75) is 53.0 Å². The van der Waals surface area contributed by atoms with E-state index in [4.69, 9.17) is 4.55 Å². The Morgan fingerprint density at radius 3 is 2.47 bits per heavy atom. The van der Waals surface area contributed by atoms with Crippen LogP contribution in [0.3, 0.4) is 0 Å². The first-order valence-corrected chi connectivity index (χ1v) is 8.87. The fraction of sp³-hybridized carbons (Fsp3) is 1.00. The summed E-state index contributed by atoms with van der Waals surface area (Å²) < 4.78 is 30.0. The monoisotopic (exact) mass is 289 g/mol. The molecule has 0 aromatic rings. The molecule has 3 aliphatic carbocycles. The van der Waals surface area contributed by atoms with Crippen molar-refractivity contribution in [3.05, 3.63) is 0 Å². The van der Waals surface area contributed by atoms with Crippen LogP contribution in [0.5, 0.6) is 0 Å². The van der Waals surface area contributed by atoms with Crippen LogP contribution >= 0.6 is 0 Å². The summed E-state index contributed by atoms with van der Waals surface area (Å²) in [5, 5.41) is 3.49. The predicted molar refractivity (Wildman–Crippen MR) is 76.6 cm³/mol. The van der Waals surface area contributed by atoms with E-state index in [9.17, 15) is 8.42 Å². The molecule has 2 N–H and O–H groups in total. The van der Waals surface area contributed by atoms with Crippen molar-refractivity contribution >= 4 is 10.1 Å². The molecule has 0 heterocycles. The molecule has 3 rings (SSSR count). The number of rotatable bonds is 5. The Hall–Kier alpha value is -0.130. The van der Waals surface area contributed by atoms with E-state index in [1.807, 2.05) is 0 Å². The van der Waals surface area contributed by atoms with Gasteiger partial charge in [0, 0.05) is 6.04 Å². The van der Waals surface area contributed by atoms with Gasteiger partial charge in [-0.3, -0.25) is 4.55 Å². The third kappa shape index (κ3) is 2.57. The van der Waals surface area contributed by atoms with Crippen LogP contribution in [0.1, 0.15) is 47.0 Å². The van der Waals surface area contributed by atoms with E-state index in [1.54, 1.807) is 0 Å². The molecule has 0 aliphatic heterocycles. The molecular weight excluding hydrogens is 262 g/mol. The summed E-state index contributed by atoms with van der Waals surface area (Å²) in [6.07, 6.45) is 2.99. The van der Waals surface area contributed by atoms with Gasteiger partial charge in [-0.2, -0.15) is 8.42 Å². The zero-order valence-electron chi connectivity index (χ0n) is 12.4. The lowest BCUT2D eigenvalue weighted by Gasteiger charge is -2.69. The average Bonchev–Trinajstić information content (AvgIpc) is 2.27. The standard InChI is InChI=1S/C14H27NO3S/c1-10-12(15-6-5-7-19(16,17)18)8-11-9-14(10,4)13(11,2)3/h10-12,15H,5-9H2,1-4H3,(H,16,17,18)/t10-,11+,12-,14-/m1/s1. The van der Waals surface area contributed by atoms with Gasteiger partial charge in [0.2, 0.25) is 0 Å². The molecule has 4 atom stereocenters. The van der Waals surface area contributed by atoms with Gasteiger partial charge < -0.3 is 5.32 Å². The minimum absolute atomic E-state index is 0.146. The van der Waals surface area contributed by atoms with E-state index in [0.29, 0.717) is 35.8 Å². The van der Waals surface area contributed by atoms with E-state index in [-0.39, 0.29) is 5.75 Å². The summed E-state index contributed by atoms with van der Waals surface area (Å²) in [6, 6.07) is 0.484. The molecule has 112 valence electrons. The molecule has 4 nitrogen and oxygen atoms in total. The molecule has 3 fully saturated rings. The fourth-order valence-corrected chi connectivity index (χ4v) is 4.78. The molecule has 2 bridgehead atoms. The van der Waals surface area contributed by atoms with Gasteiger partial charge in [-0.1, -0.05) is 27.7 Å². The van der Waals surface area contributed by atoms with Gasteiger partial charge in [0.25, 0.3) is 10.1 Å². The lowest BCUT2D eigenvalue weighted by molar-refractivity contribution is -0.193. The van der Waals surface area contributed by atoms with Crippen LogP contribution in [0, 0.1) is 22.7 Å². The number of hydrogen-bond donors (Lipinski definition) is 2. The highest BCUT2D eigenvalue weighted by atomic mass is 32.2. The van der Waals surface area contributed by atoms with Gasteiger partial charge in [-0.25, -0.2) is 0 Å². The van der Waals surface area contributed by atoms with E-state index in [0.717, 1.165) is 5.92 Å². The molecule has 3 saturated carbocycles. The van der Waals surface area contributed by atoms with Crippen molar-refractivity contribution in [1.29, 1.82) is 0 Å². The van der Waals surface area contributed by atoms with E-state index in [1.165, 1.54) is 12.8 Å². The van der Waals surface area contributed by atoms with Crippen molar-refractivity contribution in [2.24, 2.45) is 22.7 Å². The summed E-state index contributed by atoms with van der Waals surface area (Å²) in [5.41, 5.74) is 0.829. The molecule has 0 saturated heterocycles. The molecule has 0 aromatic heterocycles. The second-order valence-corrected chi connectivity index (χ2v) is 8.84. The van der Waals surface area contributed by atoms with E-state index >= 15 is 0 Å². The van der Waals surface area contributed by atoms with Crippen molar-refractivity contribution in [3.8, 4) is 0 Å². The minimum Gasteiger partial charge on any atom is -0.314 e. The molecule has 19 heavy (non-hydrogen) atoms. The zero-order chi connectivity index (χ0) is 14.5. The maximum Gasteiger partial charge on any atom is 0.264 e. The van der Waals surface area contributed by atoms with Crippen LogP contribution in [-0.2, 0) is 10.1 Å². The van der Waals surface area contributed by atoms with Crippen molar-refractivity contribution < 1.29 is 13.0 Å². The van der Waals surface area contributed by atoms with Gasteiger partial charge in [0.1, 0.15) is 0 Å². The average molecular weight is 289 g/mol. The highest BCUT2D eigenvalue weighted by Crippen LogP contribution is 2.69. The molecule has 5 heteroatoms. The normalized spacial score (nSPS) is 40.8. The van der Waals surface area contributed by atoms with E-state index < -0.39 is 10.1 Å². The van der Waals surface area contributed by atoms with Gasteiger partial charge in [0.05, 0.1) is 5.75 Å². The molecule has 0 amide bonds. The summed E-state index contributed by atoms with van der Waals surface area (Å²) in [6.45, 7) is 10.1. The first kappa shape index (κ1) is 15.3. The first-order valence-electron chi connectivity index (χ1n) is 7.26. The number of hydrogen-bond acceptors (Lipinski definition) is 3. The molecule has 0 unspecified atom stereocenters. The second kappa shape index (κ2) is 4.71. The number of nitrogens with one attached hydrogen (secondary N) is 1. The molecule has 0 radical (unpaired) electrons. The Kier molecular flexibility index (Phi) is 3.78. The topological polar surface area (TPSA) is 66.4 Å². The minimum atomic E-state index is -3.81. The zero-order valence-corrected chi connectivity index (χ0v) is 13.3. The Morgan fingerprint density at radius 1 is 1.32 bits per heavy atom. The Bertz CT molecular complexity index is 446. The van der Waals surface area contributed by atoms with Gasteiger partial charge in [0.15, 0.2) is 0 Å². The summed E-state index contributed by atoms with van der Waals surface area (Å²) in [7, 11) is -3.81. The Morgan fingerprint density at radius 2 is 1.95 bits per heavy atom. The van der Waals surface area contributed by atoms with Crippen LogP contribution in [0.15, 0.2) is 0 Å². The largest absolute Gasteiger partial charge is 0.314 e. The van der Waals surface area contributed by atoms with Crippen molar-refractivity contribution in [1.82, 2.24) is 5.32 Å². The van der Waals surface area contributed by atoms with Crippen LogP contribution in [-0.4, -0.2) is 31.3 Å². The van der Waals surface area contributed by atoms with Gasteiger partial charge in [-0.15, -0.1) is 0 Å². The Labute approximate surface area is 117 Å². The molecular formula is C14H27NO3S. The maximum atomic E-state index is 10.7. The summed E-state index contributed by atoms with van der Waals surface area (Å²) in [5.74, 6) is 1.25. The quantitative estimate of drug-likeness (QED) is 0.602. The van der Waals surface area contributed by atoms with Gasteiger partial charge >= 0.3 is 0 Å². The first-order chi connectivity index (χ1) is 8.58. The molecule has 0 aromatic carbocycles. The van der Waals surface area contributed by atoms with Crippen LogP contribution in [0.25, 0.3) is 0 Å². The van der Waals surface area contributed by atoms with Gasteiger partial charge in [-0.05, 0) is 48.5 Å². The lowest BCUT2D eigenvalue weighted by atomic mass is 9.36. The molecule has 0 spiro atoms. The van der Waals surface area contributed by atoms with Crippen molar-refractivity contribution in [3.63, 3.8) is 0 Å². The summed E-state index contributed by atoms with van der Waals surface area (Å²) >= 11 is 0. The van der Waals surface area contributed by atoms with Crippen LogP contribution in [0.2, 0.25) is 0 Å². The number of fused-ring (bicyclic) bond motifs is 2. The maximum absolute atomic E-state index is 10.7. The van der Waals surface area contributed by atoms with Crippen LogP contribution in [0.4, 0.5) is 0 Å². The predicted octanol–water partition coefficient (Wildman–Crippen LogP) is 2.31. The van der Waals surface area contributed by atoms with E-state index in [2.05, 4.69) is 33.0 Å². The summed E-state index contributed by atoms with van der Waals surface area (Å²) in [4.78, 5) is 0. The fourth-order valence-electron chi connectivity index (χ4n) is 4.27. The lowest BCUT2D eigenvalue weighted by Crippen LogP contribution is -2.66. The Balaban J connectivity index is 1.85. The SMILES string of the molecule is C[C@@H]1[C@H](NCCCS(=O)(=O)O)C[C@H]2C[C@@]1(C)C2(C)C. The van der Waals surface area contributed by atoms with Crippen LogP contribution < -0.4 is 5.32 Å². The smallest absolute Gasteiger partial charge is 0.264 e. The second-order valence-electron chi connectivity index (χ2n) is 7.26. The third-order valence-electron chi connectivity index (χ3n) is 6.30. The highest BCUT2D eigenvalue weighted by Gasteiger charge is 2.63. The highest BCUT2D eigenvalue weighted by molar-refractivity contribution is 7.85. The van der Waals surface area contributed by atoms with Crippen molar-refractivity contribution in [2.75, 3.05) is 12.3 Å².